The smallest absolute Gasteiger partial charge is 0.328 e. The largest absolute Gasteiger partial charge is 0.493 e. The molecule has 0 radical (unpaired) electrons. The van der Waals surface area contributed by atoms with Crippen molar-refractivity contribution in [1.82, 2.24) is 0 Å². The number of carboxylic acids is 1. The first-order chi connectivity index (χ1) is 18.2. The molecule has 0 saturated carbocycles. The number of hydrogen-bond acceptors (Lipinski definition) is 11. The van der Waals surface area contributed by atoms with E-state index in [1.54, 1.807) is 24.3 Å². The molecule has 2 aromatic rings. The minimum Gasteiger partial charge on any atom is -0.493 e. The maximum Gasteiger partial charge on any atom is 0.328 e. The molecule has 7 atom stereocenters. The first kappa shape index (κ1) is 27.6. The van der Waals surface area contributed by atoms with Gasteiger partial charge in [0, 0.05) is 11.6 Å². The Labute approximate surface area is 217 Å². The van der Waals surface area contributed by atoms with Crippen LogP contribution in [0.1, 0.15) is 28.7 Å². The van der Waals surface area contributed by atoms with E-state index in [0.717, 1.165) is 6.08 Å². The van der Waals surface area contributed by atoms with Crippen LogP contribution < -0.4 is 18.9 Å². The van der Waals surface area contributed by atoms with Gasteiger partial charge in [0.25, 0.3) is 0 Å². The Kier molecular flexibility index (Phi) is 8.41. The molecule has 0 aliphatic carbocycles. The Morgan fingerprint density at radius 2 is 1.68 bits per heavy atom. The van der Waals surface area contributed by atoms with Crippen LogP contribution in [-0.2, 0) is 9.53 Å². The molecule has 2 aliphatic heterocycles. The quantitative estimate of drug-likeness (QED) is 0.240. The van der Waals surface area contributed by atoms with E-state index in [2.05, 4.69) is 0 Å². The van der Waals surface area contributed by atoms with Gasteiger partial charge in [0.2, 0.25) is 6.29 Å². The molecule has 0 aromatic heterocycles. The van der Waals surface area contributed by atoms with Crippen molar-refractivity contribution in [2.45, 2.75) is 42.7 Å². The van der Waals surface area contributed by atoms with E-state index in [9.17, 15) is 30.3 Å². The van der Waals surface area contributed by atoms with Crippen LogP contribution >= 0.6 is 0 Å². The van der Waals surface area contributed by atoms with E-state index in [4.69, 9.17) is 28.8 Å². The number of ether oxygens (including phenoxy) is 5. The topological polar surface area (TPSA) is 185 Å². The highest BCUT2D eigenvalue weighted by Crippen LogP contribution is 2.51. The summed E-state index contributed by atoms with van der Waals surface area (Å²) in [4.78, 5) is 11.0. The Morgan fingerprint density at radius 3 is 2.32 bits per heavy atom. The normalized spacial score (nSPS) is 28.6. The monoisotopic (exact) mass is 534 g/mol. The van der Waals surface area contributed by atoms with Gasteiger partial charge in [0.15, 0.2) is 23.0 Å². The molecule has 0 amide bonds. The highest BCUT2D eigenvalue weighted by atomic mass is 16.7. The highest BCUT2D eigenvalue weighted by molar-refractivity contribution is 5.85. The third-order valence-corrected chi connectivity index (χ3v) is 6.56. The van der Waals surface area contributed by atoms with Gasteiger partial charge >= 0.3 is 5.97 Å². The van der Waals surface area contributed by atoms with Gasteiger partial charge in [-0.3, -0.25) is 0 Å². The van der Waals surface area contributed by atoms with Crippen molar-refractivity contribution in [3.05, 3.63) is 53.1 Å². The van der Waals surface area contributed by atoms with Gasteiger partial charge in [-0.1, -0.05) is 6.07 Å². The van der Waals surface area contributed by atoms with Crippen molar-refractivity contribution in [3.63, 3.8) is 0 Å². The molecule has 38 heavy (non-hydrogen) atoms. The minimum absolute atomic E-state index is 0.148. The van der Waals surface area contributed by atoms with E-state index < -0.39 is 55.3 Å². The first-order valence-corrected chi connectivity index (χ1v) is 11.8. The van der Waals surface area contributed by atoms with Crippen molar-refractivity contribution in [2.24, 2.45) is 0 Å². The summed E-state index contributed by atoms with van der Waals surface area (Å²) in [7, 11) is 2.86. The number of hydrogen-bond donors (Lipinski definition) is 6. The Bertz CT molecular complexity index is 1180. The lowest BCUT2D eigenvalue weighted by Crippen LogP contribution is -2.60. The fourth-order valence-electron chi connectivity index (χ4n) is 4.58. The molecule has 4 rings (SSSR count). The number of carbonyl (C=O) groups is 1. The molecule has 0 spiro atoms. The molecular weight excluding hydrogens is 504 g/mol. The van der Waals surface area contributed by atoms with Gasteiger partial charge < -0.3 is 54.3 Å². The lowest BCUT2D eigenvalue weighted by Gasteiger charge is -2.39. The molecule has 1 saturated heterocycles. The fraction of sp³-hybridized carbons (Fsp3) is 0.423. The molecule has 1 fully saturated rings. The van der Waals surface area contributed by atoms with Crippen molar-refractivity contribution in [1.29, 1.82) is 0 Å². The average Bonchev–Trinajstić information content (AvgIpc) is 3.30. The van der Waals surface area contributed by atoms with E-state index >= 15 is 0 Å². The fourth-order valence-corrected chi connectivity index (χ4v) is 4.58. The lowest BCUT2D eigenvalue weighted by atomic mass is 9.90. The van der Waals surface area contributed by atoms with Gasteiger partial charge in [-0.2, -0.15) is 0 Å². The molecule has 12 heteroatoms. The lowest BCUT2D eigenvalue weighted by molar-refractivity contribution is -0.277. The molecule has 206 valence electrons. The van der Waals surface area contributed by atoms with Gasteiger partial charge in [-0.15, -0.1) is 0 Å². The van der Waals surface area contributed by atoms with E-state index in [0.29, 0.717) is 28.2 Å². The average molecular weight is 535 g/mol. The maximum absolute atomic E-state index is 11.0. The maximum atomic E-state index is 11.0. The highest BCUT2D eigenvalue weighted by Gasteiger charge is 2.45. The van der Waals surface area contributed by atoms with E-state index in [-0.39, 0.29) is 18.1 Å². The van der Waals surface area contributed by atoms with Crippen LogP contribution in [0.2, 0.25) is 0 Å². The van der Waals surface area contributed by atoms with Crippen molar-refractivity contribution in [3.8, 4) is 23.0 Å². The van der Waals surface area contributed by atoms with Crippen LogP contribution in [-0.4, -0.2) is 94.7 Å². The molecule has 12 nitrogen and oxygen atoms in total. The van der Waals surface area contributed by atoms with E-state index in [1.807, 2.05) is 0 Å². The summed E-state index contributed by atoms with van der Waals surface area (Å²) in [5.74, 6) is -0.440. The number of fused-ring (bicyclic) bond motifs is 1. The van der Waals surface area contributed by atoms with Gasteiger partial charge in [-0.05, 0) is 41.5 Å². The van der Waals surface area contributed by atoms with Crippen molar-refractivity contribution in [2.75, 3.05) is 27.4 Å². The second kappa shape index (κ2) is 11.6. The third kappa shape index (κ3) is 5.27. The summed E-state index contributed by atoms with van der Waals surface area (Å²) < 4.78 is 28.2. The van der Waals surface area contributed by atoms with Crippen LogP contribution in [0.15, 0.2) is 36.4 Å². The van der Waals surface area contributed by atoms with Gasteiger partial charge in [0.1, 0.15) is 30.5 Å². The zero-order chi connectivity index (χ0) is 27.6. The molecule has 6 N–H and O–H groups in total. The number of benzene rings is 2. The molecule has 2 heterocycles. The number of rotatable bonds is 9. The summed E-state index contributed by atoms with van der Waals surface area (Å²) in [6, 6.07) is 8.18. The number of aliphatic hydroxyl groups is 5. The Morgan fingerprint density at radius 1 is 0.947 bits per heavy atom. The van der Waals surface area contributed by atoms with Crippen LogP contribution in [0.5, 0.6) is 23.0 Å². The number of carboxylic acid groups (broad SMARTS) is 1. The predicted octanol–water partition coefficient (Wildman–Crippen LogP) is 0.190. The number of methoxy groups -OCH3 is 2. The zero-order valence-electron chi connectivity index (χ0n) is 20.6. The van der Waals surface area contributed by atoms with Gasteiger partial charge in [-0.25, -0.2) is 4.79 Å². The molecule has 2 aliphatic rings. The van der Waals surface area contributed by atoms with E-state index in [1.165, 1.54) is 26.4 Å². The van der Waals surface area contributed by atoms with Gasteiger partial charge in [0.05, 0.1) is 33.4 Å². The first-order valence-electron chi connectivity index (χ1n) is 11.8. The minimum atomic E-state index is -1.60. The second-order valence-electron chi connectivity index (χ2n) is 8.87. The van der Waals surface area contributed by atoms with Crippen molar-refractivity contribution >= 4 is 12.0 Å². The number of aliphatic hydroxyl groups excluding tert-OH is 5. The Hall–Kier alpha value is -3.39. The SMILES string of the molecule is COc1cc([C@H]2Oc3c(OC)cc(/C=C/C(=O)O)cc3[C@@H]2CO)ccc1O[C@@H]1O[C@H](CO)[C@@H](O)[C@H](O)[C@H]1O. The summed E-state index contributed by atoms with van der Waals surface area (Å²) >= 11 is 0. The second-order valence-corrected chi connectivity index (χ2v) is 8.87. The summed E-state index contributed by atoms with van der Waals surface area (Å²) in [6.45, 7) is -0.876. The summed E-state index contributed by atoms with van der Waals surface area (Å²) in [5, 5.41) is 58.9. The number of aliphatic carboxylic acids is 1. The molecular formula is C26H30O12. The third-order valence-electron chi connectivity index (χ3n) is 6.56. The molecule has 2 aromatic carbocycles. The standard InChI is InChI=1S/C26H30O12/c1-34-17-9-13(4-5-16(17)36-26-23(33)22(32)21(31)19(11-28)37-26)24-15(10-27)14-7-12(3-6-20(29)30)8-18(35-2)25(14)38-24/h3-9,15,19,21-24,26-28,31-33H,10-11H2,1-2H3,(H,29,30)/b6-3+/t15-,19+,21+,22-,23+,24+,26+/m0/s1. The van der Waals surface area contributed by atoms with Crippen LogP contribution in [0, 0.1) is 0 Å². The van der Waals surface area contributed by atoms with Crippen molar-refractivity contribution < 1.29 is 59.1 Å². The Balaban J connectivity index is 1.62. The van der Waals surface area contributed by atoms with Crippen LogP contribution in [0.4, 0.5) is 0 Å². The summed E-state index contributed by atoms with van der Waals surface area (Å²) in [5.41, 5.74) is 1.82. The molecule has 0 bridgehead atoms. The van der Waals surface area contributed by atoms with Crippen LogP contribution in [0.3, 0.4) is 0 Å². The van der Waals surface area contributed by atoms with Crippen LogP contribution in [0.25, 0.3) is 6.08 Å². The summed E-state index contributed by atoms with van der Waals surface area (Å²) in [6.07, 6.45) is -5.49. The molecule has 0 unspecified atom stereocenters. The predicted molar refractivity (Wildman–Crippen MR) is 130 cm³/mol. The zero-order valence-corrected chi connectivity index (χ0v) is 20.6.